The van der Waals surface area contributed by atoms with E-state index in [1.165, 1.54) is 217 Å². The van der Waals surface area contributed by atoms with E-state index >= 15 is 0 Å². The Morgan fingerprint density at radius 2 is 0.548 bits per heavy atom. The number of unbranched alkanes of at least 4 members (excludes halogenated alkanes) is 30. The highest BCUT2D eigenvalue weighted by Crippen LogP contribution is 2.16. The fourth-order valence-corrected chi connectivity index (χ4v) is 6.45. The smallest absolute Gasteiger partial charge is 0.0413 e. The number of nitrogens with zero attached hydrogens (tertiary/aromatic N) is 1. The third-order valence-corrected chi connectivity index (χ3v) is 9.36. The van der Waals surface area contributed by atoms with Crippen LogP contribution in [0.5, 0.6) is 0 Å². The van der Waals surface area contributed by atoms with Crippen molar-refractivity contribution in [2.45, 2.75) is 232 Å². The Hall–Kier alpha value is -0.850. The summed E-state index contributed by atoms with van der Waals surface area (Å²) in [6, 6.07) is 7.63. The SMILES string of the molecule is CCCCCCCCCCCCCCCCCCc1c[c]cc(CCCCCCCCCCCCCCCCCC)n1. The average Bonchev–Trinajstić information content (AvgIpc) is 3.01. The Morgan fingerprint density at radius 1 is 0.333 bits per heavy atom. The van der Waals surface area contributed by atoms with Gasteiger partial charge in [-0.15, -0.1) is 0 Å². The van der Waals surface area contributed by atoms with Crippen molar-refractivity contribution in [3.63, 3.8) is 0 Å². The van der Waals surface area contributed by atoms with Gasteiger partial charge in [0.25, 0.3) is 0 Å². The Labute approximate surface area is 266 Å². The maximum atomic E-state index is 4.96. The van der Waals surface area contributed by atoms with E-state index < -0.39 is 0 Å². The van der Waals surface area contributed by atoms with Crippen LogP contribution in [0.3, 0.4) is 0 Å². The summed E-state index contributed by atoms with van der Waals surface area (Å²) in [5.74, 6) is 0. The maximum Gasteiger partial charge on any atom is 0.0413 e. The van der Waals surface area contributed by atoms with E-state index in [1.807, 2.05) is 0 Å². The molecule has 0 aromatic carbocycles. The van der Waals surface area contributed by atoms with Gasteiger partial charge in [0.1, 0.15) is 0 Å². The van der Waals surface area contributed by atoms with Gasteiger partial charge in [0, 0.05) is 11.4 Å². The first-order valence-electron chi connectivity index (χ1n) is 19.7. The molecule has 0 saturated heterocycles. The topological polar surface area (TPSA) is 12.9 Å². The minimum Gasteiger partial charge on any atom is -0.258 e. The second-order valence-electron chi connectivity index (χ2n) is 13.7. The summed E-state index contributed by atoms with van der Waals surface area (Å²) in [7, 11) is 0. The highest BCUT2D eigenvalue weighted by atomic mass is 14.7. The van der Waals surface area contributed by atoms with Crippen molar-refractivity contribution < 1.29 is 0 Å². The molecule has 0 aliphatic carbocycles. The third kappa shape index (κ3) is 28.0. The van der Waals surface area contributed by atoms with Crippen molar-refractivity contribution in [1.82, 2.24) is 4.98 Å². The Kier molecular flexibility index (Phi) is 30.8. The Balaban J connectivity index is 1.84. The largest absolute Gasteiger partial charge is 0.258 e. The van der Waals surface area contributed by atoms with E-state index in [-0.39, 0.29) is 0 Å². The summed E-state index contributed by atoms with van der Waals surface area (Å²) >= 11 is 0. The van der Waals surface area contributed by atoms with Crippen LogP contribution in [0.2, 0.25) is 0 Å². The van der Waals surface area contributed by atoms with E-state index in [2.05, 4.69) is 32.0 Å². The molecule has 0 N–H and O–H groups in total. The minimum absolute atomic E-state index is 1.14. The fraction of sp³-hybridized carbons (Fsp3) is 0.878. The maximum absolute atomic E-state index is 4.96. The van der Waals surface area contributed by atoms with E-state index in [9.17, 15) is 0 Å². The van der Waals surface area contributed by atoms with Gasteiger partial charge in [-0.05, 0) is 43.9 Å². The number of hydrogen-bond donors (Lipinski definition) is 0. The summed E-state index contributed by atoms with van der Waals surface area (Å²) in [5.41, 5.74) is 2.55. The molecule has 1 radical (unpaired) electrons. The molecule has 1 aromatic heterocycles. The molecule has 1 heteroatoms. The number of rotatable bonds is 34. The van der Waals surface area contributed by atoms with Crippen LogP contribution in [0.4, 0.5) is 0 Å². The first-order valence-corrected chi connectivity index (χ1v) is 19.7. The molecule has 1 heterocycles. The number of aryl methyl sites for hydroxylation is 2. The van der Waals surface area contributed by atoms with Gasteiger partial charge in [-0.2, -0.15) is 0 Å². The van der Waals surface area contributed by atoms with Crippen molar-refractivity contribution in [2.75, 3.05) is 0 Å². The standard InChI is InChI=1S/C41H76N/c1-3-5-7-9-11-13-15-17-19-21-23-25-27-29-31-33-36-40-38-35-39-41(42-40)37-34-32-30-28-26-24-22-20-18-16-14-12-10-8-6-4-2/h38-39H,3-34,36-37H2,1-2H3. The Bertz CT molecular complexity index is 586. The van der Waals surface area contributed by atoms with Gasteiger partial charge >= 0.3 is 0 Å². The van der Waals surface area contributed by atoms with Crippen molar-refractivity contribution in [1.29, 1.82) is 0 Å². The molecule has 0 saturated carbocycles. The number of hydrogen-bond acceptors (Lipinski definition) is 1. The molecular weight excluding hydrogens is 506 g/mol. The predicted octanol–water partition coefficient (Wildman–Crippen LogP) is 14.5. The molecule has 0 bridgehead atoms. The van der Waals surface area contributed by atoms with Crippen molar-refractivity contribution in [2.24, 2.45) is 0 Å². The molecule has 0 spiro atoms. The second kappa shape index (κ2) is 33.1. The molecule has 0 fully saturated rings. The lowest BCUT2D eigenvalue weighted by Gasteiger charge is -2.06. The monoisotopic (exact) mass is 583 g/mol. The zero-order valence-corrected chi connectivity index (χ0v) is 29.1. The number of pyridine rings is 1. The normalized spacial score (nSPS) is 11.5. The van der Waals surface area contributed by atoms with Crippen LogP contribution >= 0.6 is 0 Å². The highest BCUT2D eigenvalue weighted by Gasteiger charge is 2.01. The molecule has 0 atom stereocenters. The fourth-order valence-electron chi connectivity index (χ4n) is 6.45. The molecule has 1 nitrogen and oxygen atoms in total. The number of aromatic nitrogens is 1. The highest BCUT2D eigenvalue weighted by molar-refractivity contribution is 5.10. The van der Waals surface area contributed by atoms with Crippen LogP contribution in [0.15, 0.2) is 12.1 Å². The second-order valence-corrected chi connectivity index (χ2v) is 13.7. The molecule has 1 rings (SSSR count). The first-order chi connectivity index (χ1) is 20.9. The van der Waals surface area contributed by atoms with E-state index in [4.69, 9.17) is 4.98 Å². The van der Waals surface area contributed by atoms with Crippen LogP contribution in [0.1, 0.15) is 231 Å². The van der Waals surface area contributed by atoms with Gasteiger partial charge in [0.05, 0.1) is 0 Å². The van der Waals surface area contributed by atoms with E-state index in [1.54, 1.807) is 0 Å². The van der Waals surface area contributed by atoms with Gasteiger partial charge in [-0.25, -0.2) is 0 Å². The third-order valence-electron chi connectivity index (χ3n) is 9.36. The first kappa shape index (κ1) is 39.2. The average molecular weight is 583 g/mol. The van der Waals surface area contributed by atoms with Crippen LogP contribution < -0.4 is 0 Å². The van der Waals surface area contributed by atoms with Crippen molar-refractivity contribution in [3.05, 3.63) is 29.6 Å². The van der Waals surface area contributed by atoms with Gasteiger partial charge in [-0.3, -0.25) is 4.98 Å². The Morgan fingerprint density at radius 3 is 0.786 bits per heavy atom. The predicted molar refractivity (Wildman–Crippen MR) is 190 cm³/mol. The van der Waals surface area contributed by atoms with Crippen LogP contribution in [-0.4, -0.2) is 4.98 Å². The van der Waals surface area contributed by atoms with Gasteiger partial charge in [0.2, 0.25) is 0 Å². The molecular formula is C41H76N. The van der Waals surface area contributed by atoms with Gasteiger partial charge in [0.15, 0.2) is 0 Å². The summed E-state index contributed by atoms with van der Waals surface area (Å²) in [4.78, 5) is 4.96. The van der Waals surface area contributed by atoms with Crippen LogP contribution in [0, 0.1) is 6.07 Å². The van der Waals surface area contributed by atoms with Crippen LogP contribution in [0.25, 0.3) is 0 Å². The summed E-state index contributed by atoms with van der Waals surface area (Å²) in [5, 5.41) is 0. The van der Waals surface area contributed by atoms with E-state index in [0.29, 0.717) is 0 Å². The van der Waals surface area contributed by atoms with Crippen LogP contribution in [-0.2, 0) is 12.8 Å². The minimum atomic E-state index is 1.14. The lowest BCUT2D eigenvalue weighted by Crippen LogP contribution is -1.96. The molecule has 0 amide bonds. The zero-order valence-electron chi connectivity index (χ0n) is 29.1. The van der Waals surface area contributed by atoms with Gasteiger partial charge < -0.3 is 0 Å². The summed E-state index contributed by atoms with van der Waals surface area (Å²) in [6.45, 7) is 4.61. The van der Waals surface area contributed by atoms with Gasteiger partial charge in [-0.1, -0.05) is 206 Å². The molecule has 245 valence electrons. The molecule has 42 heavy (non-hydrogen) atoms. The summed E-state index contributed by atoms with van der Waals surface area (Å²) < 4.78 is 0. The molecule has 0 unspecified atom stereocenters. The van der Waals surface area contributed by atoms with E-state index in [0.717, 1.165) is 12.8 Å². The van der Waals surface area contributed by atoms with Crippen molar-refractivity contribution >= 4 is 0 Å². The molecule has 0 aliphatic heterocycles. The molecule has 0 aliphatic rings. The lowest BCUT2D eigenvalue weighted by atomic mass is 10.0. The zero-order chi connectivity index (χ0) is 30.0. The van der Waals surface area contributed by atoms with Crippen molar-refractivity contribution in [3.8, 4) is 0 Å². The molecule has 1 aromatic rings. The summed E-state index contributed by atoms with van der Waals surface area (Å²) in [6.07, 6.45) is 48.1. The quantitative estimate of drug-likeness (QED) is 0.0736. The lowest BCUT2D eigenvalue weighted by molar-refractivity contribution is 0.528.